The minimum absolute atomic E-state index is 0.280. The lowest BCUT2D eigenvalue weighted by Crippen LogP contribution is -2.45. The Kier molecular flexibility index (Phi) is 4.91. The van der Waals surface area contributed by atoms with Gasteiger partial charge in [-0.15, -0.1) is 0 Å². The quantitative estimate of drug-likeness (QED) is 0.758. The molecule has 2 amide bonds. The Morgan fingerprint density at radius 1 is 1.33 bits per heavy atom. The molecule has 3 heterocycles. The third-order valence-electron chi connectivity index (χ3n) is 4.97. The second-order valence-corrected chi connectivity index (χ2v) is 6.91. The molecule has 0 aliphatic carbocycles. The van der Waals surface area contributed by atoms with Gasteiger partial charge in [-0.05, 0) is 44.2 Å². The Labute approximate surface area is 158 Å². The summed E-state index contributed by atoms with van der Waals surface area (Å²) in [5.41, 5.74) is 9.01. The molecule has 0 radical (unpaired) electrons. The van der Waals surface area contributed by atoms with E-state index in [1.54, 1.807) is 12.1 Å². The number of fused-ring (bicyclic) bond motifs is 1. The van der Waals surface area contributed by atoms with Crippen LogP contribution < -0.4 is 21.3 Å². The molecule has 1 saturated heterocycles. The number of amides is 2. The molecule has 1 aromatic heterocycles. The molecule has 142 valence electrons. The summed E-state index contributed by atoms with van der Waals surface area (Å²) in [5.74, 6) is 1.71. The highest BCUT2D eigenvalue weighted by Crippen LogP contribution is 2.30. The second kappa shape index (κ2) is 7.50. The number of primary amides is 1. The summed E-state index contributed by atoms with van der Waals surface area (Å²) in [6.45, 7) is 6.11. The standard InChI is InChI=1S/C19H24N6O2/c1-12-11-27-9-8-25(12)18-15-6-7-21-10-16(15)23-17(24-18)13-2-4-14(5-3-13)22-19(20)26/h2-5,12,21H,6-11H2,1H3,(H3,20,22,26)/t12-/m0/s1. The molecule has 0 bridgehead atoms. The maximum absolute atomic E-state index is 11.0. The van der Waals surface area contributed by atoms with E-state index in [-0.39, 0.29) is 6.04 Å². The summed E-state index contributed by atoms with van der Waals surface area (Å²) in [6.07, 6.45) is 0.927. The molecular formula is C19H24N6O2. The van der Waals surface area contributed by atoms with Gasteiger partial charge in [-0.1, -0.05) is 0 Å². The molecule has 1 fully saturated rings. The van der Waals surface area contributed by atoms with E-state index in [0.29, 0.717) is 24.7 Å². The monoisotopic (exact) mass is 368 g/mol. The highest BCUT2D eigenvalue weighted by molar-refractivity contribution is 5.88. The van der Waals surface area contributed by atoms with E-state index in [4.69, 9.17) is 20.4 Å². The van der Waals surface area contributed by atoms with Crippen molar-refractivity contribution in [2.75, 3.05) is 36.5 Å². The van der Waals surface area contributed by atoms with Crippen LogP contribution in [-0.2, 0) is 17.7 Å². The van der Waals surface area contributed by atoms with Crippen molar-refractivity contribution >= 4 is 17.5 Å². The number of hydrogen-bond donors (Lipinski definition) is 3. The molecule has 8 nitrogen and oxygen atoms in total. The van der Waals surface area contributed by atoms with E-state index < -0.39 is 6.03 Å². The maximum atomic E-state index is 11.0. The smallest absolute Gasteiger partial charge is 0.316 e. The van der Waals surface area contributed by atoms with Crippen molar-refractivity contribution in [3.05, 3.63) is 35.5 Å². The van der Waals surface area contributed by atoms with Gasteiger partial charge in [0.2, 0.25) is 0 Å². The molecule has 0 spiro atoms. The Bertz CT molecular complexity index is 839. The highest BCUT2D eigenvalue weighted by Gasteiger charge is 2.26. The number of morpholine rings is 1. The zero-order valence-electron chi connectivity index (χ0n) is 15.4. The molecular weight excluding hydrogens is 344 g/mol. The number of rotatable bonds is 3. The topological polar surface area (TPSA) is 105 Å². The van der Waals surface area contributed by atoms with Crippen molar-refractivity contribution in [2.45, 2.75) is 25.9 Å². The number of nitrogens with two attached hydrogens (primary N) is 1. The Balaban J connectivity index is 1.73. The Morgan fingerprint density at radius 2 is 2.15 bits per heavy atom. The summed E-state index contributed by atoms with van der Waals surface area (Å²) in [6, 6.07) is 7.10. The fourth-order valence-corrected chi connectivity index (χ4v) is 3.59. The van der Waals surface area contributed by atoms with Gasteiger partial charge in [-0.3, -0.25) is 0 Å². The number of nitrogens with zero attached hydrogens (tertiary/aromatic N) is 3. The van der Waals surface area contributed by atoms with Crippen LogP contribution in [0.4, 0.5) is 16.3 Å². The molecule has 8 heteroatoms. The van der Waals surface area contributed by atoms with Gasteiger partial charge in [0.15, 0.2) is 5.82 Å². The van der Waals surface area contributed by atoms with Gasteiger partial charge >= 0.3 is 6.03 Å². The average Bonchev–Trinajstić information content (AvgIpc) is 2.68. The maximum Gasteiger partial charge on any atom is 0.316 e. The lowest BCUT2D eigenvalue weighted by Gasteiger charge is -2.36. The first kappa shape index (κ1) is 17.7. The number of anilines is 2. The van der Waals surface area contributed by atoms with Crippen molar-refractivity contribution in [3.63, 3.8) is 0 Å². The van der Waals surface area contributed by atoms with Crippen LogP contribution in [0.5, 0.6) is 0 Å². The fourth-order valence-electron chi connectivity index (χ4n) is 3.59. The van der Waals surface area contributed by atoms with Crippen LogP contribution in [0.3, 0.4) is 0 Å². The van der Waals surface area contributed by atoms with Crippen molar-refractivity contribution in [1.82, 2.24) is 15.3 Å². The molecule has 1 aromatic carbocycles. The first-order chi connectivity index (χ1) is 13.1. The summed E-state index contributed by atoms with van der Waals surface area (Å²) < 4.78 is 5.60. The summed E-state index contributed by atoms with van der Waals surface area (Å²) in [4.78, 5) is 23.1. The molecule has 1 atom stereocenters. The van der Waals surface area contributed by atoms with Gasteiger partial charge in [-0.25, -0.2) is 14.8 Å². The molecule has 2 aliphatic rings. The summed E-state index contributed by atoms with van der Waals surface area (Å²) >= 11 is 0. The van der Waals surface area contributed by atoms with Gasteiger partial charge in [0.05, 0.1) is 24.9 Å². The number of carbonyl (C=O) groups is 1. The number of hydrogen-bond acceptors (Lipinski definition) is 6. The predicted octanol–water partition coefficient (Wildman–Crippen LogP) is 1.51. The first-order valence-electron chi connectivity index (χ1n) is 9.23. The van der Waals surface area contributed by atoms with Gasteiger partial charge in [0, 0.05) is 29.9 Å². The number of urea groups is 1. The zero-order chi connectivity index (χ0) is 18.8. The van der Waals surface area contributed by atoms with Crippen molar-refractivity contribution in [3.8, 4) is 11.4 Å². The number of aromatic nitrogens is 2. The normalized spacial score (nSPS) is 19.4. The number of benzene rings is 1. The number of ether oxygens (including phenoxy) is 1. The summed E-state index contributed by atoms with van der Waals surface area (Å²) in [7, 11) is 0. The van der Waals surface area contributed by atoms with Crippen molar-refractivity contribution < 1.29 is 9.53 Å². The largest absolute Gasteiger partial charge is 0.377 e. The molecule has 4 rings (SSSR count). The first-order valence-corrected chi connectivity index (χ1v) is 9.23. The van der Waals surface area contributed by atoms with Gasteiger partial charge in [0.25, 0.3) is 0 Å². The summed E-state index contributed by atoms with van der Waals surface area (Å²) in [5, 5.41) is 5.97. The van der Waals surface area contributed by atoms with Crippen molar-refractivity contribution in [2.24, 2.45) is 5.73 Å². The van der Waals surface area contributed by atoms with E-state index in [1.807, 2.05) is 12.1 Å². The fraction of sp³-hybridized carbons (Fsp3) is 0.421. The molecule has 0 saturated carbocycles. The highest BCUT2D eigenvalue weighted by atomic mass is 16.5. The van der Waals surface area contributed by atoms with Gasteiger partial charge in [-0.2, -0.15) is 0 Å². The molecule has 2 aromatic rings. The van der Waals surface area contributed by atoms with Gasteiger partial charge in [0.1, 0.15) is 5.82 Å². The Morgan fingerprint density at radius 3 is 2.89 bits per heavy atom. The van der Waals surface area contributed by atoms with Crippen LogP contribution in [0.25, 0.3) is 11.4 Å². The van der Waals surface area contributed by atoms with E-state index in [1.165, 1.54) is 5.56 Å². The SMILES string of the molecule is C[C@H]1COCCN1c1nc(-c2ccc(NC(N)=O)cc2)nc2c1CCNC2. The second-order valence-electron chi connectivity index (χ2n) is 6.91. The minimum atomic E-state index is -0.581. The van der Waals surface area contributed by atoms with Crippen LogP contribution in [0.1, 0.15) is 18.2 Å². The zero-order valence-corrected chi connectivity index (χ0v) is 15.4. The lowest BCUT2D eigenvalue weighted by molar-refractivity contribution is 0.0984. The van der Waals surface area contributed by atoms with E-state index in [0.717, 1.165) is 43.1 Å². The molecule has 2 aliphatic heterocycles. The third kappa shape index (κ3) is 3.72. The van der Waals surface area contributed by atoms with Crippen LogP contribution in [0.2, 0.25) is 0 Å². The van der Waals surface area contributed by atoms with E-state index >= 15 is 0 Å². The van der Waals surface area contributed by atoms with Crippen molar-refractivity contribution in [1.29, 1.82) is 0 Å². The van der Waals surface area contributed by atoms with Crippen LogP contribution in [-0.4, -0.2) is 48.3 Å². The number of carbonyl (C=O) groups excluding carboxylic acids is 1. The predicted molar refractivity (Wildman–Crippen MR) is 104 cm³/mol. The number of nitrogens with one attached hydrogen (secondary N) is 2. The van der Waals surface area contributed by atoms with Crippen LogP contribution in [0.15, 0.2) is 24.3 Å². The molecule has 27 heavy (non-hydrogen) atoms. The minimum Gasteiger partial charge on any atom is -0.377 e. The van der Waals surface area contributed by atoms with Gasteiger partial charge < -0.3 is 26.0 Å². The molecule has 4 N–H and O–H groups in total. The third-order valence-corrected chi connectivity index (χ3v) is 4.97. The van der Waals surface area contributed by atoms with E-state index in [2.05, 4.69) is 22.5 Å². The van der Waals surface area contributed by atoms with Crippen LogP contribution >= 0.6 is 0 Å². The van der Waals surface area contributed by atoms with Crippen LogP contribution in [0, 0.1) is 0 Å². The van der Waals surface area contributed by atoms with E-state index in [9.17, 15) is 4.79 Å². The Hall–Kier alpha value is -2.71. The average molecular weight is 368 g/mol. The molecule has 0 unspecified atom stereocenters. The lowest BCUT2D eigenvalue weighted by atomic mass is 10.0.